The maximum absolute atomic E-state index is 2.37. The Kier molecular flexibility index (Phi) is 7.14. The molecule has 0 unspecified atom stereocenters. The van der Waals surface area contributed by atoms with E-state index in [1.54, 1.807) is 0 Å². The number of nitrogens with zero attached hydrogens (tertiary/aromatic N) is 3. The highest BCUT2D eigenvalue weighted by atomic mass is 15.2. The molecule has 9 aromatic rings. The van der Waals surface area contributed by atoms with Gasteiger partial charge in [-0.25, -0.2) is 0 Å². The number of fused-ring (bicyclic) bond motifs is 4. The Hall–Kier alpha value is -6.58. The summed E-state index contributed by atoms with van der Waals surface area (Å²) < 4.78 is 2.37. The van der Waals surface area contributed by atoms with E-state index in [0.29, 0.717) is 0 Å². The summed E-state index contributed by atoms with van der Waals surface area (Å²) in [6.45, 7) is 0. The highest BCUT2D eigenvalue weighted by Gasteiger charge is 2.19. The SMILES string of the molecule is c1ccc(N(c2ccccc2)c2ccc(N(c3ccc4ccccc4c3)c3ccc4c(c3)c3ccccc3n4-c3ccccc3)cc2)cc1. The third kappa shape index (κ3) is 5.18. The van der Waals surface area contributed by atoms with Gasteiger partial charge in [0.2, 0.25) is 0 Å². The van der Waals surface area contributed by atoms with E-state index in [9.17, 15) is 0 Å². The van der Waals surface area contributed by atoms with Gasteiger partial charge in [0.1, 0.15) is 0 Å². The molecule has 0 N–H and O–H groups in total. The van der Waals surface area contributed by atoms with E-state index in [2.05, 4.69) is 215 Å². The first kappa shape index (κ1) is 28.6. The molecule has 1 aromatic heterocycles. The molecule has 9 rings (SSSR count). The first-order valence-corrected chi connectivity index (χ1v) is 16.7. The van der Waals surface area contributed by atoms with E-state index in [4.69, 9.17) is 0 Å². The van der Waals surface area contributed by atoms with Crippen LogP contribution in [0.2, 0.25) is 0 Å². The molecule has 0 amide bonds. The summed E-state index contributed by atoms with van der Waals surface area (Å²) in [5, 5.41) is 4.89. The zero-order chi connectivity index (χ0) is 32.6. The van der Waals surface area contributed by atoms with E-state index in [1.165, 1.54) is 32.6 Å². The lowest BCUT2D eigenvalue weighted by atomic mass is 10.1. The summed E-state index contributed by atoms with van der Waals surface area (Å²) in [7, 11) is 0. The van der Waals surface area contributed by atoms with Gasteiger partial charge in [-0.2, -0.15) is 0 Å². The van der Waals surface area contributed by atoms with Gasteiger partial charge in [-0.05, 0) is 108 Å². The number of para-hydroxylation sites is 4. The Morgan fingerprint density at radius 1 is 0.286 bits per heavy atom. The van der Waals surface area contributed by atoms with E-state index in [0.717, 1.165) is 39.8 Å². The lowest BCUT2D eigenvalue weighted by molar-refractivity contribution is 1.18. The monoisotopic (exact) mass is 627 g/mol. The van der Waals surface area contributed by atoms with Crippen LogP contribution in [-0.2, 0) is 0 Å². The average Bonchev–Trinajstić information content (AvgIpc) is 3.51. The maximum Gasteiger partial charge on any atom is 0.0542 e. The predicted molar refractivity (Wildman–Crippen MR) is 208 cm³/mol. The fourth-order valence-corrected chi connectivity index (χ4v) is 7.07. The molecular weight excluding hydrogens is 595 g/mol. The molecule has 8 aromatic carbocycles. The summed E-state index contributed by atoms with van der Waals surface area (Å²) in [6, 6.07) is 71.5. The van der Waals surface area contributed by atoms with Gasteiger partial charge >= 0.3 is 0 Å². The molecule has 0 spiro atoms. The first-order valence-electron chi connectivity index (χ1n) is 16.7. The van der Waals surface area contributed by atoms with Gasteiger partial charge in [-0.15, -0.1) is 0 Å². The fraction of sp³-hybridized carbons (Fsp3) is 0. The molecule has 0 aliphatic heterocycles. The summed E-state index contributed by atoms with van der Waals surface area (Å²) in [5.41, 5.74) is 10.2. The number of anilines is 6. The molecule has 3 nitrogen and oxygen atoms in total. The molecular formula is C46H33N3. The van der Waals surface area contributed by atoms with Crippen LogP contribution < -0.4 is 9.80 Å². The van der Waals surface area contributed by atoms with Crippen molar-refractivity contribution in [2.75, 3.05) is 9.80 Å². The molecule has 0 atom stereocenters. The van der Waals surface area contributed by atoms with Crippen molar-refractivity contribution in [2.24, 2.45) is 0 Å². The molecule has 0 fully saturated rings. The van der Waals surface area contributed by atoms with Gasteiger partial charge in [0.05, 0.1) is 11.0 Å². The Labute approximate surface area is 286 Å². The minimum absolute atomic E-state index is 1.09. The van der Waals surface area contributed by atoms with E-state index in [1.807, 2.05) is 0 Å². The normalized spacial score (nSPS) is 11.3. The quantitative estimate of drug-likeness (QED) is 0.174. The van der Waals surface area contributed by atoms with Gasteiger partial charge in [0, 0.05) is 50.6 Å². The highest BCUT2D eigenvalue weighted by Crippen LogP contribution is 2.42. The summed E-state index contributed by atoms with van der Waals surface area (Å²) in [4.78, 5) is 4.67. The van der Waals surface area contributed by atoms with Crippen LogP contribution >= 0.6 is 0 Å². The number of hydrogen-bond acceptors (Lipinski definition) is 2. The number of benzene rings is 8. The Morgan fingerprint density at radius 3 is 1.41 bits per heavy atom. The molecule has 232 valence electrons. The molecule has 0 aliphatic rings. The Bertz CT molecular complexity index is 2500. The number of hydrogen-bond donors (Lipinski definition) is 0. The topological polar surface area (TPSA) is 11.4 Å². The van der Waals surface area contributed by atoms with Crippen molar-refractivity contribution in [3.05, 3.63) is 200 Å². The summed E-state index contributed by atoms with van der Waals surface area (Å²) >= 11 is 0. The van der Waals surface area contributed by atoms with E-state index in [-0.39, 0.29) is 0 Å². The minimum Gasteiger partial charge on any atom is -0.311 e. The second-order valence-electron chi connectivity index (χ2n) is 12.3. The van der Waals surface area contributed by atoms with Crippen molar-refractivity contribution < 1.29 is 0 Å². The smallest absolute Gasteiger partial charge is 0.0542 e. The van der Waals surface area contributed by atoms with Crippen molar-refractivity contribution >= 4 is 66.7 Å². The molecule has 3 heteroatoms. The Balaban J connectivity index is 1.22. The molecule has 0 bridgehead atoms. The highest BCUT2D eigenvalue weighted by molar-refractivity contribution is 6.10. The van der Waals surface area contributed by atoms with Crippen LogP contribution in [-0.4, -0.2) is 4.57 Å². The molecule has 49 heavy (non-hydrogen) atoms. The van der Waals surface area contributed by atoms with Crippen molar-refractivity contribution in [1.82, 2.24) is 4.57 Å². The zero-order valence-corrected chi connectivity index (χ0v) is 26.9. The van der Waals surface area contributed by atoms with Crippen LogP contribution in [0, 0.1) is 0 Å². The van der Waals surface area contributed by atoms with Crippen LogP contribution in [0.1, 0.15) is 0 Å². The number of rotatable bonds is 7. The lowest BCUT2D eigenvalue weighted by Crippen LogP contribution is -2.12. The van der Waals surface area contributed by atoms with Gasteiger partial charge in [0.15, 0.2) is 0 Å². The van der Waals surface area contributed by atoms with Crippen molar-refractivity contribution in [3.63, 3.8) is 0 Å². The van der Waals surface area contributed by atoms with Gasteiger partial charge < -0.3 is 14.4 Å². The fourth-order valence-electron chi connectivity index (χ4n) is 7.07. The number of aromatic nitrogens is 1. The lowest BCUT2D eigenvalue weighted by Gasteiger charge is -2.28. The first-order chi connectivity index (χ1) is 24.3. The van der Waals surface area contributed by atoms with E-state index >= 15 is 0 Å². The van der Waals surface area contributed by atoms with Crippen LogP contribution in [0.5, 0.6) is 0 Å². The standard InChI is InChI=1S/C46H33N3/c1-4-16-36(17-5-1)47(37-18-6-2-7-19-37)39-26-28-40(29-27-39)48(41-25-24-34-14-10-11-15-35(34)32-41)42-30-31-46-44(33-42)43-22-12-13-23-45(43)49(46)38-20-8-3-9-21-38/h1-33H. The maximum atomic E-state index is 2.37. The molecule has 0 aliphatic carbocycles. The predicted octanol–water partition coefficient (Wildman–Crippen LogP) is 12.9. The van der Waals surface area contributed by atoms with Gasteiger partial charge in [-0.3, -0.25) is 0 Å². The molecule has 0 saturated heterocycles. The molecule has 0 radical (unpaired) electrons. The minimum atomic E-state index is 1.09. The average molecular weight is 628 g/mol. The van der Waals surface area contributed by atoms with Crippen LogP contribution in [0.3, 0.4) is 0 Å². The third-order valence-electron chi connectivity index (χ3n) is 9.31. The van der Waals surface area contributed by atoms with Crippen LogP contribution in [0.15, 0.2) is 200 Å². The van der Waals surface area contributed by atoms with E-state index < -0.39 is 0 Å². The van der Waals surface area contributed by atoms with Crippen LogP contribution in [0.25, 0.3) is 38.3 Å². The van der Waals surface area contributed by atoms with Gasteiger partial charge in [-0.1, -0.05) is 103 Å². The second kappa shape index (κ2) is 12.2. The largest absolute Gasteiger partial charge is 0.311 e. The zero-order valence-electron chi connectivity index (χ0n) is 26.9. The second-order valence-corrected chi connectivity index (χ2v) is 12.3. The molecule has 1 heterocycles. The summed E-state index contributed by atoms with van der Waals surface area (Å²) in [5.74, 6) is 0. The summed E-state index contributed by atoms with van der Waals surface area (Å²) in [6.07, 6.45) is 0. The van der Waals surface area contributed by atoms with Crippen molar-refractivity contribution in [2.45, 2.75) is 0 Å². The third-order valence-corrected chi connectivity index (χ3v) is 9.31. The van der Waals surface area contributed by atoms with Crippen molar-refractivity contribution in [1.29, 1.82) is 0 Å². The van der Waals surface area contributed by atoms with Gasteiger partial charge in [0.25, 0.3) is 0 Å². The Morgan fingerprint density at radius 2 is 0.735 bits per heavy atom. The van der Waals surface area contributed by atoms with Crippen molar-refractivity contribution in [3.8, 4) is 5.69 Å². The van der Waals surface area contributed by atoms with Crippen LogP contribution in [0.4, 0.5) is 34.1 Å². The molecule has 0 saturated carbocycles.